The second kappa shape index (κ2) is 9.11. The summed E-state index contributed by atoms with van der Waals surface area (Å²) in [5.74, 6) is 0. The zero-order chi connectivity index (χ0) is 20.9. The minimum absolute atomic E-state index is 0.960. The third-order valence-corrected chi connectivity index (χ3v) is 7.63. The van der Waals surface area contributed by atoms with Crippen LogP contribution in [-0.2, 0) is 0 Å². The Kier molecular flexibility index (Phi) is 6.12. The van der Waals surface area contributed by atoms with Gasteiger partial charge in [-0.15, -0.1) is 0 Å². The first kappa shape index (κ1) is 20.1. The van der Waals surface area contributed by atoms with Gasteiger partial charge >= 0.3 is 0 Å². The molecule has 0 N–H and O–H groups in total. The van der Waals surface area contributed by atoms with Crippen molar-refractivity contribution < 1.29 is 0 Å². The van der Waals surface area contributed by atoms with Crippen LogP contribution in [0.2, 0.25) is 0 Å². The summed E-state index contributed by atoms with van der Waals surface area (Å²) in [4.78, 5) is 0. The summed E-state index contributed by atoms with van der Waals surface area (Å²) in [6, 6.07) is 36.4. The molecule has 1 nitrogen and oxygen atoms in total. The maximum absolute atomic E-state index is 5.36. The van der Waals surface area contributed by atoms with Crippen molar-refractivity contribution >= 4 is 23.6 Å². The summed E-state index contributed by atoms with van der Waals surface area (Å²) in [5.41, 5.74) is 7.39. The van der Waals surface area contributed by atoms with Gasteiger partial charge in [-0.2, -0.15) is 0 Å². The van der Waals surface area contributed by atoms with Gasteiger partial charge in [-0.05, 0) is 55.2 Å². The van der Waals surface area contributed by atoms with Crippen LogP contribution in [0, 0.1) is 20.8 Å². The molecule has 0 saturated heterocycles. The Morgan fingerprint density at radius 3 is 1.50 bits per heavy atom. The SMILES string of the molecule is Cc1cc(C)c(P(=Nc2ccccc2)=C(c2ccccc2)c2ccccc2)c(C)c1. The van der Waals surface area contributed by atoms with Crippen molar-refractivity contribution in [2.24, 2.45) is 4.74 Å². The molecule has 0 radical (unpaired) electrons. The van der Waals surface area contributed by atoms with Crippen LogP contribution in [0.5, 0.6) is 0 Å². The highest BCUT2D eigenvalue weighted by Gasteiger charge is 2.14. The first-order valence-electron chi connectivity index (χ1n) is 10.3. The molecule has 0 amide bonds. The maximum Gasteiger partial charge on any atom is 0.0675 e. The van der Waals surface area contributed by atoms with Crippen molar-refractivity contribution in [3.05, 3.63) is 131 Å². The van der Waals surface area contributed by atoms with Gasteiger partial charge in [0.1, 0.15) is 0 Å². The average Bonchev–Trinajstić information content (AvgIpc) is 2.75. The summed E-state index contributed by atoms with van der Waals surface area (Å²) >= 11 is 0. The van der Waals surface area contributed by atoms with E-state index >= 15 is 0 Å². The lowest BCUT2D eigenvalue weighted by atomic mass is 10.1. The van der Waals surface area contributed by atoms with Gasteiger partial charge in [-0.25, -0.2) is 4.74 Å². The molecule has 1 atom stereocenters. The van der Waals surface area contributed by atoms with E-state index in [1.165, 1.54) is 38.4 Å². The van der Waals surface area contributed by atoms with Gasteiger partial charge in [0, 0.05) is 17.9 Å². The van der Waals surface area contributed by atoms with E-state index < -0.39 is 7.34 Å². The number of aryl methyl sites for hydroxylation is 3. The quantitative estimate of drug-likeness (QED) is 0.311. The van der Waals surface area contributed by atoms with E-state index in [4.69, 9.17) is 4.74 Å². The number of hydrogen-bond donors (Lipinski definition) is 0. The fourth-order valence-corrected chi connectivity index (χ4v) is 6.30. The first-order valence-corrected chi connectivity index (χ1v) is 11.6. The molecule has 0 aliphatic heterocycles. The largest absolute Gasteiger partial charge is 0.232 e. The number of nitrogens with zero attached hydrogens (tertiary/aromatic N) is 1. The van der Waals surface area contributed by atoms with E-state index in [1.807, 2.05) is 6.07 Å². The third-order valence-electron chi connectivity index (χ3n) is 5.13. The van der Waals surface area contributed by atoms with Gasteiger partial charge in [-0.3, -0.25) is 0 Å². The fourth-order valence-electron chi connectivity index (χ4n) is 3.93. The maximum atomic E-state index is 5.36. The van der Waals surface area contributed by atoms with Gasteiger partial charge in [0.15, 0.2) is 0 Å². The van der Waals surface area contributed by atoms with Crippen molar-refractivity contribution in [2.45, 2.75) is 20.8 Å². The topological polar surface area (TPSA) is 12.4 Å². The van der Waals surface area contributed by atoms with Crippen molar-refractivity contribution in [1.82, 2.24) is 0 Å². The molecule has 148 valence electrons. The van der Waals surface area contributed by atoms with Crippen LogP contribution in [0.15, 0.2) is 108 Å². The first-order chi connectivity index (χ1) is 14.6. The molecule has 4 rings (SSSR count). The Labute approximate surface area is 180 Å². The van der Waals surface area contributed by atoms with Gasteiger partial charge < -0.3 is 0 Å². The Bertz CT molecular complexity index is 1170. The lowest BCUT2D eigenvalue weighted by Crippen LogP contribution is -2.11. The van der Waals surface area contributed by atoms with Crippen molar-refractivity contribution in [3.63, 3.8) is 0 Å². The van der Waals surface area contributed by atoms with Crippen LogP contribution >= 0.6 is 7.34 Å². The average molecular weight is 407 g/mol. The van der Waals surface area contributed by atoms with Gasteiger partial charge in [0.05, 0.1) is 5.69 Å². The lowest BCUT2D eigenvalue weighted by Gasteiger charge is -2.15. The van der Waals surface area contributed by atoms with E-state index in [0.717, 1.165) is 5.69 Å². The molecular weight excluding hydrogens is 381 g/mol. The van der Waals surface area contributed by atoms with Gasteiger partial charge in [0.2, 0.25) is 0 Å². The number of hydrogen-bond acceptors (Lipinski definition) is 1. The highest BCUT2D eigenvalue weighted by Crippen LogP contribution is 2.32. The molecule has 0 aliphatic rings. The predicted molar refractivity (Wildman–Crippen MR) is 132 cm³/mol. The number of rotatable bonds is 4. The molecule has 4 aromatic carbocycles. The zero-order valence-corrected chi connectivity index (χ0v) is 18.6. The molecule has 0 spiro atoms. The second-order valence-electron chi connectivity index (χ2n) is 7.58. The lowest BCUT2D eigenvalue weighted by molar-refractivity contribution is 1.35. The van der Waals surface area contributed by atoms with E-state index in [0.29, 0.717) is 0 Å². The van der Waals surface area contributed by atoms with Crippen LogP contribution in [0.3, 0.4) is 0 Å². The minimum atomic E-state index is -0.960. The molecule has 0 fully saturated rings. The Hall–Kier alpha value is -3.15. The summed E-state index contributed by atoms with van der Waals surface area (Å²) in [6.45, 7) is 6.61. The highest BCUT2D eigenvalue weighted by atomic mass is 31.1. The molecule has 30 heavy (non-hydrogen) atoms. The molecule has 0 aromatic heterocycles. The fraction of sp³-hybridized carbons (Fsp3) is 0.107. The highest BCUT2D eigenvalue weighted by molar-refractivity contribution is 7.58. The summed E-state index contributed by atoms with van der Waals surface area (Å²) in [7, 11) is -0.960. The molecule has 0 saturated carbocycles. The summed E-state index contributed by atoms with van der Waals surface area (Å²) < 4.78 is 5.36. The minimum Gasteiger partial charge on any atom is -0.232 e. The van der Waals surface area contributed by atoms with Gasteiger partial charge in [0.25, 0.3) is 0 Å². The van der Waals surface area contributed by atoms with Crippen molar-refractivity contribution in [3.8, 4) is 0 Å². The second-order valence-corrected chi connectivity index (χ2v) is 9.29. The molecule has 0 heterocycles. The van der Waals surface area contributed by atoms with Crippen molar-refractivity contribution in [2.75, 3.05) is 0 Å². The molecule has 0 aliphatic carbocycles. The van der Waals surface area contributed by atoms with E-state index in [9.17, 15) is 0 Å². The smallest absolute Gasteiger partial charge is 0.0675 e. The molecule has 2 heteroatoms. The van der Waals surface area contributed by atoms with Crippen LogP contribution in [0.4, 0.5) is 5.69 Å². The van der Waals surface area contributed by atoms with E-state index in [1.54, 1.807) is 0 Å². The summed E-state index contributed by atoms with van der Waals surface area (Å²) in [6.07, 6.45) is 0. The normalized spacial score (nSPS) is 11.4. The van der Waals surface area contributed by atoms with Crippen molar-refractivity contribution in [1.29, 1.82) is 0 Å². The molecule has 0 bridgehead atoms. The van der Waals surface area contributed by atoms with Crippen LogP contribution in [0.1, 0.15) is 27.8 Å². The Morgan fingerprint density at radius 1 is 0.600 bits per heavy atom. The Balaban J connectivity index is 2.17. The van der Waals surface area contributed by atoms with Crippen LogP contribution in [0.25, 0.3) is 0 Å². The monoisotopic (exact) mass is 407 g/mol. The summed E-state index contributed by atoms with van der Waals surface area (Å²) in [5, 5.41) is 2.65. The third kappa shape index (κ3) is 4.37. The predicted octanol–water partition coefficient (Wildman–Crippen LogP) is 7.50. The van der Waals surface area contributed by atoms with Crippen LogP contribution < -0.4 is 5.30 Å². The standard InChI is InChI=1S/C28H26NP/c1-21-19-22(2)27(23(3)20-21)30(29-26-17-11-6-12-18-26)28(24-13-7-4-8-14-24)25-15-9-5-10-16-25/h4-20H,1-3H3. The molecular formula is C28H26NP. The van der Waals surface area contributed by atoms with E-state index in [-0.39, 0.29) is 0 Å². The molecule has 4 aromatic rings. The number of benzene rings is 4. The van der Waals surface area contributed by atoms with E-state index in [2.05, 4.69) is 118 Å². The van der Waals surface area contributed by atoms with Gasteiger partial charge in [-0.1, -0.05) is 96.6 Å². The van der Waals surface area contributed by atoms with Crippen LogP contribution in [-0.4, -0.2) is 5.29 Å². The Morgan fingerprint density at radius 2 is 1.03 bits per heavy atom. The zero-order valence-electron chi connectivity index (χ0n) is 17.7. The molecule has 1 unspecified atom stereocenters.